The Morgan fingerprint density at radius 1 is 1.29 bits per heavy atom. The van der Waals surface area contributed by atoms with Crippen LogP contribution in [-0.4, -0.2) is 44.9 Å². The van der Waals surface area contributed by atoms with Crippen molar-refractivity contribution in [3.05, 3.63) is 39.5 Å². The number of esters is 1. The number of allylic oxidation sites excluding steroid dienone is 2. The maximum absolute atomic E-state index is 13.1. The van der Waals surface area contributed by atoms with Crippen molar-refractivity contribution in [1.82, 2.24) is 0 Å². The van der Waals surface area contributed by atoms with Gasteiger partial charge in [0.2, 0.25) is 15.3 Å². The predicted molar refractivity (Wildman–Crippen MR) is 133 cm³/mol. The highest BCUT2D eigenvalue weighted by Gasteiger charge is 2.42. The number of methoxy groups -OCH3 is 1. The molecule has 1 radical (unpaired) electrons. The quantitative estimate of drug-likeness (QED) is 0.252. The van der Waals surface area contributed by atoms with Gasteiger partial charge in [0.1, 0.15) is 5.75 Å². The highest BCUT2D eigenvalue weighted by molar-refractivity contribution is 6.48. The molecule has 2 atom stereocenters. The standard InChI is InChI=1S/C26H39O7Si/c1-15(17(10-9-13-27)14-19(28)29)11-12-18-22(26(3,4)5)21-20(16(2)23(18)31-6)25(32-24(21)30)33-34(7)8/h11,17,25,27H,9-10,12-14H2,1-8H3,(H,28,29). The molecule has 7 nitrogen and oxygen atoms in total. The fourth-order valence-electron chi connectivity index (χ4n) is 4.72. The molecule has 0 aromatic heterocycles. The summed E-state index contributed by atoms with van der Waals surface area (Å²) >= 11 is 0. The third-order valence-electron chi connectivity index (χ3n) is 6.19. The minimum atomic E-state index is -1.12. The van der Waals surface area contributed by atoms with Gasteiger partial charge in [0.05, 0.1) is 19.1 Å². The summed E-state index contributed by atoms with van der Waals surface area (Å²) in [6.07, 6.45) is 2.94. The monoisotopic (exact) mass is 491 g/mol. The minimum Gasteiger partial charge on any atom is -0.496 e. The third kappa shape index (κ3) is 6.28. The molecule has 8 heteroatoms. The number of benzene rings is 1. The number of aliphatic carboxylic acids is 1. The van der Waals surface area contributed by atoms with Gasteiger partial charge in [-0.2, -0.15) is 0 Å². The average molecular weight is 492 g/mol. The fourth-order valence-corrected chi connectivity index (χ4v) is 5.32. The topological polar surface area (TPSA) is 102 Å². The molecule has 0 spiro atoms. The molecular formula is C26H39O7Si. The van der Waals surface area contributed by atoms with Crippen LogP contribution in [0.3, 0.4) is 0 Å². The van der Waals surface area contributed by atoms with E-state index in [0.717, 1.165) is 27.8 Å². The Bertz CT molecular complexity index is 944. The molecule has 1 heterocycles. The second-order valence-corrected chi connectivity index (χ2v) is 12.2. The van der Waals surface area contributed by atoms with E-state index in [2.05, 4.69) is 20.8 Å². The smallest absolute Gasteiger partial charge is 0.341 e. The molecule has 0 aliphatic carbocycles. The summed E-state index contributed by atoms with van der Waals surface area (Å²) in [5.41, 5.74) is 4.47. The zero-order valence-corrected chi connectivity index (χ0v) is 22.7. The number of rotatable bonds is 11. The zero-order chi connectivity index (χ0) is 25.8. The Hall–Kier alpha value is -2.16. The molecule has 0 saturated carbocycles. The molecule has 1 aliphatic heterocycles. The largest absolute Gasteiger partial charge is 0.496 e. The first-order valence-electron chi connectivity index (χ1n) is 11.7. The van der Waals surface area contributed by atoms with Crippen molar-refractivity contribution in [2.75, 3.05) is 13.7 Å². The van der Waals surface area contributed by atoms with Crippen molar-refractivity contribution >= 4 is 21.0 Å². The Morgan fingerprint density at radius 3 is 2.44 bits per heavy atom. The molecule has 1 aromatic rings. The third-order valence-corrected chi connectivity index (χ3v) is 6.88. The lowest BCUT2D eigenvalue weighted by Gasteiger charge is -2.28. The highest BCUT2D eigenvalue weighted by atomic mass is 28.3. The van der Waals surface area contributed by atoms with Crippen molar-refractivity contribution in [3.8, 4) is 5.75 Å². The summed E-state index contributed by atoms with van der Waals surface area (Å²) in [7, 11) is 0.506. The van der Waals surface area contributed by atoms with Gasteiger partial charge in [0.25, 0.3) is 0 Å². The van der Waals surface area contributed by atoms with Gasteiger partial charge < -0.3 is 24.1 Å². The van der Waals surface area contributed by atoms with E-state index in [0.29, 0.717) is 30.6 Å². The number of hydrogen-bond donors (Lipinski definition) is 2. The van der Waals surface area contributed by atoms with E-state index in [1.165, 1.54) is 0 Å². The first-order valence-corrected chi connectivity index (χ1v) is 14.1. The molecule has 189 valence electrons. The SMILES string of the molecule is COc1c(C)c2c(c(C(C)(C)C)c1CC=C(C)C(CCCO)CC(=O)O)C(=O)OC2O[Si](C)C. The first-order chi connectivity index (χ1) is 15.8. The van der Waals surface area contributed by atoms with Crippen LogP contribution < -0.4 is 4.74 Å². The summed E-state index contributed by atoms with van der Waals surface area (Å²) in [6.45, 7) is 14.1. The van der Waals surface area contributed by atoms with E-state index < -0.39 is 21.3 Å². The van der Waals surface area contributed by atoms with Crippen LogP contribution in [0.2, 0.25) is 13.1 Å². The number of aliphatic hydroxyl groups is 1. The summed E-state index contributed by atoms with van der Waals surface area (Å²) < 4.78 is 17.6. The Balaban J connectivity index is 2.66. The lowest BCUT2D eigenvalue weighted by Crippen LogP contribution is -2.21. The van der Waals surface area contributed by atoms with Crippen molar-refractivity contribution in [2.45, 2.75) is 85.1 Å². The molecule has 34 heavy (non-hydrogen) atoms. The number of carbonyl (C=O) groups is 2. The number of cyclic esters (lactones) is 1. The first kappa shape index (κ1) is 28.1. The molecule has 2 unspecified atom stereocenters. The fraction of sp³-hybridized carbons (Fsp3) is 0.615. The van der Waals surface area contributed by atoms with Crippen LogP contribution in [0.25, 0.3) is 0 Å². The van der Waals surface area contributed by atoms with E-state index in [-0.39, 0.29) is 30.3 Å². The van der Waals surface area contributed by atoms with Gasteiger partial charge in [-0.25, -0.2) is 4.79 Å². The number of hydrogen-bond acceptors (Lipinski definition) is 6. The molecule has 0 amide bonds. The maximum Gasteiger partial charge on any atom is 0.341 e. The van der Waals surface area contributed by atoms with E-state index in [4.69, 9.17) is 13.9 Å². The number of carbonyl (C=O) groups excluding carboxylic acids is 1. The molecule has 2 rings (SSSR count). The molecule has 0 bridgehead atoms. The van der Waals surface area contributed by atoms with E-state index in [9.17, 15) is 19.8 Å². The van der Waals surface area contributed by atoms with E-state index in [1.54, 1.807) is 7.11 Å². The van der Waals surface area contributed by atoms with Gasteiger partial charge in [-0.1, -0.05) is 32.4 Å². The van der Waals surface area contributed by atoms with Crippen LogP contribution in [0.5, 0.6) is 5.75 Å². The zero-order valence-electron chi connectivity index (χ0n) is 21.7. The highest BCUT2D eigenvalue weighted by Crippen LogP contribution is 2.47. The second-order valence-electron chi connectivity index (χ2n) is 10.1. The number of fused-ring (bicyclic) bond motifs is 1. The van der Waals surface area contributed by atoms with Gasteiger partial charge in [0, 0.05) is 23.3 Å². The summed E-state index contributed by atoms with van der Waals surface area (Å²) in [5.74, 6) is -0.710. The maximum atomic E-state index is 13.1. The molecule has 1 aliphatic rings. The number of carboxylic acid groups (broad SMARTS) is 1. The van der Waals surface area contributed by atoms with Gasteiger partial charge >= 0.3 is 11.9 Å². The van der Waals surface area contributed by atoms with Crippen LogP contribution in [0.4, 0.5) is 0 Å². The van der Waals surface area contributed by atoms with Crippen LogP contribution in [0, 0.1) is 12.8 Å². The average Bonchev–Trinajstić information content (AvgIpc) is 3.03. The Labute approximate surface area is 204 Å². The summed E-state index contributed by atoms with van der Waals surface area (Å²) in [5, 5.41) is 18.6. The Kier molecular flexibility index (Phi) is 9.50. The van der Waals surface area contributed by atoms with Gasteiger partial charge in [-0.15, -0.1) is 0 Å². The molecule has 0 saturated heterocycles. The second kappa shape index (κ2) is 11.5. The lowest BCUT2D eigenvalue weighted by atomic mass is 9.76. The van der Waals surface area contributed by atoms with Crippen LogP contribution in [0.15, 0.2) is 11.6 Å². The van der Waals surface area contributed by atoms with Crippen LogP contribution in [0.1, 0.15) is 85.9 Å². The van der Waals surface area contributed by atoms with Crippen molar-refractivity contribution in [1.29, 1.82) is 0 Å². The number of carboxylic acids is 1. The summed E-state index contributed by atoms with van der Waals surface area (Å²) in [4.78, 5) is 24.5. The predicted octanol–water partition coefficient (Wildman–Crippen LogP) is 5.09. The molecular weight excluding hydrogens is 452 g/mol. The van der Waals surface area contributed by atoms with Crippen molar-refractivity contribution in [3.63, 3.8) is 0 Å². The molecule has 0 fully saturated rings. The van der Waals surface area contributed by atoms with Gasteiger partial charge in [-0.3, -0.25) is 4.79 Å². The Morgan fingerprint density at radius 2 is 1.94 bits per heavy atom. The van der Waals surface area contributed by atoms with Crippen LogP contribution >= 0.6 is 0 Å². The molecule has 1 aromatic carbocycles. The van der Waals surface area contributed by atoms with Gasteiger partial charge in [0.15, 0.2) is 0 Å². The molecule has 2 N–H and O–H groups in total. The van der Waals surface area contributed by atoms with E-state index >= 15 is 0 Å². The number of aliphatic hydroxyl groups excluding tert-OH is 1. The van der Waals surface area contributed by atoms with Crippen LogP contribution in [-0.2, 0) is 25.8 Å². The number of ether oxygens (including phenoxy) is 2. The lowest BCUT2D eigenvalue weighted by molar-refractivity contribution is -0.137. The van der Waals surface area contributed by atoms with Crippen molar-refractivity contribution in [2.24, 2.45) is 5.92 Å². The van der Waals surface area contributed by atoms with Crippen molar-refractivity contribution < 1.29 is 33.7 Å². The summed E-state index contributed by atoms with van der Waals surface area (Å²) in [6, 6.07) is 0. The minimum absolute atomic E-state index is 0.0121. The normalized spacial score (nSPS) is 17.1. The van der Waals surface area contributed by atoms with Gasteiger partial charge in [-0.05, 0) is 63.1 Å². The van der Waals surface area contributed by atoms with E-state index in [1.807, 2.05) is 33.0 Å².